The van der Waals surface area contributed by atoms with Gasteiger partial charge in [0.2, 0.25) is 23.6 Å². The molecule has 0 aliphatic heterocycles. The molecule has 1 aromatic rings. The van der Waals surface area contributed by atoms with Crippen molar-refractivity contribution in [2.24, 2.45) is 11.5 Å². The van der Waals surface area contributed by atoms with Crippen molar-refractivity contribution in [2.45, 2.75) is 69.1 Å². The number of hydrogen-bond acceptors (Lipinski definition) is 8. The highest BCUT2D eigenvalue weighted by atomic mass is 16.4. The number of carboxylic acid groups (broad SMARTS) is 3. The fourth-order valence-corrected chi connectivity index (χ4v) is 3.38. The van der Waals surface area contributed by atoms with Gasteiger partial charge in [0, 0.05) is 25.7 Å². The molecule has 0 bridgehead atoms. The van der Waals surface area contributed by atoms with Gasteiger partial charge in [-0.2, -0.15) is 0 Å². The molecule has 214 valence electrons. The standard InChI is InChI=1S/C24H33N5O10/c25-14(6-10-19(31)32)21(35)27-16(8-11-20(33)34)22(36)28-15(7-9-18(26)30)23(37)29-17(24(38)39)12-13-4-2-1-3-5-13/h1-5,14-17H,6-12,25H2,(H2,26,30)(H,27,35)(H,28,36)(H,29,37)(H,31,32)(H,33,34)(H,38,39). The van der Waals surface area contributed by atoms with Gasteiger partial charge in [0.1, 0.15) is 18.1 Å². The van der Waals surface area contributed by atoms with Crippen molar-refractivity contribution in [3.8, 4) is 0 Å². The lowest BCUT2D eigenvalue weighted by Gasteiger charge is -2.25. The third kappa shape index (κ3) is 13.0. The maximum Gasteiger partial charge on any atom is 0.326 e. The number of amides is 4. The molecular weight excluding hydrogens is 518 g/mol. The summed E-state index contributed by atoms with van der Waals surface area (Å²) in [7, 11) is 0. The molecule has 10 N–H and O–H groups in total. The largest absolute Gasteiger partial charge is 0.481 e. The number of rotatable bonds is 18. The zero-order chi connectivity index (χ0) is 29.5. The molecule has 0 aliphatic carbocycles. The molecule has 0 saturated heterocycles. The topological polar surface area (TPSA) is 268 Å². The Kier molecular flexibility index (Phi) is 13.6. The zero-order valence-corrected chi connectivity index (χ0v) is 21.0. The van der Waals surface area contributed by atoms with Crippen LogP contribution in [0.3, 0.4) is 0 Å². The first kappa shape index (κ1) is 32.5. The number of benzene rings is 1. The first-order valence-corrected chi connectivity index (χ1v) is 12.0. The van der Waals surface area contributed by atoms with Gasteiger partial charge in [-0.15, -0.1) is 0 Å². The number of carboxylic acids is 3. The monoisotopic (exact) mass is 551 g/mol. The van der Waals surface area contributed by atoms with Crippen molar-refractivity contribution >= 4 is 41.5 Å². The van der Waals surface area contributed by atoms with E-state index in [0.717, 1.165) is 0 Å². The predicted octanol–water partition coefficient (Wildman–Crippen LogP) is -1.91. The molecule has 0 saturated carbocycles. The van der Waals surface area contributed by atoms with Crippen molar-refractivity contribution in [2.75, 3.05) is 0 Å². The molecule has 15 nitrogen and oxygen atoms in total. The minimum atomic E-state index is -1.49. The van der Waals surface area contributed by atoms with E-state index >= 15 is 0 Å². The molecule has 1 rings (SSSR count). The number of primary amides is 1. The molecule has 0 fully saturated rings. The highest BCUT2D eigenvalue weighted by Crippen LogP contribution is 2.07. The Morgan fingerprint density at radius 2 is 1.13 bits per heavy atom. The molecule has 15 heteroatoms. The van der Waals surface area contributed by atoms with Crippen molar-refractivity contribution < 1.29 is 48.9 Å². The van der Waals surface area contributed by atoms with Crippen LogP contribution in [-0.2, 0) is 40.0 Å². The van der Waals surface area contributed by atoms with E-state index in [-0.39, 0.29) is 25.7 Å². The molecule has 0 radical (unpaired) electrons. The maximum absolute atomic E-state index is 13.0. The summed E-state index contributed by atoms with van der Waals surface area (Å²) in [5.74, 6) is -7.52. The molecule has 4 atom stereocenters. The average Bonchev–Trinajstić information content (AvgIpc) is 2.86. The summed E-state index contributed by atoms with van der Waals surface area (Å²) < 4.78 is 0. The van der Waals surface area contributed by atoms with Crippen molar-refractivity contribution in [1.82, 2.24) is 16.0 Å². The minimum Gasteiger partial charge on any atom is -0.481 e. The molecule has 0 aromatic heterocycles. The van der Waals surface area contributed by atoms with Crippen molar-refractivity contribution in [3.63, 3.8) is 0 Å². The van der Waals surface area contributed by atoms with E-state index in [0.29, 0.717) is 5.56 Å². The number of carbonyl (C=O) groups excluding carboxylic acids is 4. The van der Waals surface area contributed by atoms with E-state index in [1.807, 2.05) is 0 Å². The number of nitrogens with one attached hydrogen (secondary N) is 3. The van der Waals surface area contributed by atoms with Crippen LogP contribution in [0.4, 0.5) is 0 Å². The summed E-state index contributed by atoms with van der Waals surface area (Å²) >= 11 is 0. The number of carbonyl (C=O) groups is 7. The number of nitrogens with two attached hydrogens (primary N) is 2. The Morgan fingerprint density at radius 1 is 0.667 bits per heavy atom. The predicted molar refractivity (Wildman–Crippen MR) is 134 cm³/mol. The summed E-state index contributed by atoms with van der Waals surface area (Å²) in [6, 6.07) is 2.76. The molecule has 4 amide bonds. The average molecular weight is 552 g/mol. The van der Waals surface area contributed by atoms with Gasteiger partial charge in [-0.1, -0.05) is 30.3 Å². The van der Waals surface area contributed by atoms with Gasteiger partial charge in [0.05, 0.1) is 6.04 Å². The van der Waals surface area contributed by atoms with Crippen LogP contribution >= 0.6 is 0 Å². The lowest BCUT2D eigenvalue weighted by atomic mass is 10.0. The Hall–Kier alpha value is -4.53. The fourth-order valence-electron chi connectivity index (χ4n) is 3.38. The van der Waals surface area contributed by atoms with Gasteiger partial charge < -0.3 is 42.7 Å². The third-order valence-corrected chi connectivity index (χ3v) is 5.50. The van der Waals surface area contributed by atoms with Crippen LogP contribution in [0.5, 0.6) is 0 Å². The second kappa shape index (κ2) is 16.3. The highest BCUT2D eigenvalue weighted by Gasteiger charge is 2.31. The van der Waals surface area contributed by atoms with Crippen LogP contribution in [0.1, 0.15) is 44.1 Å². The van der Waals surface area contributed by atoms with Crippen LogP contribution in [0.15, 0.2) is 30.3 Å². The second-order valence-electron chi connectivity index (χ2n) is 8.69. The Bertz CT molecular complexity index is 1050. The van der Waals surface area contributed by atoms with E-state index < -0.39 is 85.0 Å². The lowest BCUT2D eigenvalue weighted by Crippen LogP contribution is -2.57. The normalized spacial score (nSPS) is 13.7. The van der Waals surface area contributed by atoms with Gasteiger partial charge in [0.25, 0.3) is 0 Å². The summed E-state index contributed by atoms with van der Waals surface area (Å²) in [5.41, 5.74) is 11.4. The van der Waals surface area contributed by atoms with Gasteiger partial charge in [-0.25, -0.2) is 4.79 Å². The van der Waals surface area contributed by atoms with Crippen molar-refractivity contribution in [1.29, 1.82) is 0 Å². The fraction of sp³-hybridized carbons (Fsp3) is 0.458. The van der Waals surface area contributed by atoms with Crippen LogP contribution in [0, 0.1) is 0 Å². The van der Waals surface area contributed by atoms with Gasteiger partial charge >= 0.3 is 17.9 Å². The van der Waals surface area contributed by atoms with E-state index in [1.54, 1.807) is 30.3 Å². The molecule has 4 unspecified atom stereocenters. The first-order chi connectivity index (χ1) is 18.3. The summed E-state index contributed by atoms with van der Waals surface area (Å²) in [6.45, 7) is 0. The number of aliphatic carboxylic acids is 3. The molecule has 39 heavy (non-hydrogen) atoms. The van der Waals surface area contributed by atoms with E-state index in [2.05, 4.69) is 16.0 Å². The SMILES string of the molecule is NC(=O)CCC(NC(=O)C(CCC(=O)O)NC(=O)C(N)CCC(=O)O)C(=O)NC(Cc1ccccc1)C(=O)O. The van der Waals surface area contributed by atoms with E-state index in [4.69, 9.17) is 21.7 Å². The van der Waals surface area contributed by atoms with Gasteiger partial charge in [-0.05, 0) is 24.8 Å². The minimum absolute atomic E-state index is 0.0794. The molecule has 1 aromatic carbocycles. The van der Waals surface area contributed by atoms with E-state index in [9.17, 15) is 38.7 Å². The van der Waals surface area contributed by atoms with E-state index in [1.165, 1.54) is 0 Å². The maximum atomic E-state index is 13.0. The zero-order valence-electron chi connectivity index (χ0n) is 21.0. The summed E-state index contributed by atoms with van der Waals surface area (Å²) in [4.78, 5) is 83.2. The molecule has 0 aliphatic rings. The lowest BCUT2D eigenvalue weighted by molar-refractivity contribution is -0.142. The highest BCUT2D eigenvalue weighted by molar-refractivity contribution is 5.94. The van der Waals surface area contributed by atoms with Crippen LogP contribution in [0.2, 0.25) is 0 Å². The molecular formula is C24H33N5O10. The van der Waals surface area contributed by atoms with Gasteiger partial charge in [-0.3, -0.25) is 28.8 Å². The van der Waals surface area contributed by atoms with Crippen molar-refractivity contribution in [3.05, 3.63) is 35.9 Å². The third-order valence-electron chi connectivity index (χ3n) is 5.50. The molecule has 0 heterocycles. The van der Waals surface area contributed by atoms with Crippen LogP contribution in [0.25, 0.3) is 0 Å². The van der Waals surface area contributed by atoms with Crippen LogP contribution in [-0.4, -0.2) is 81.0 Å². The number of hydrogen-bond donors (Lipinski definition) is 8. The van der Waals surface area contributed by atoms with Gasteiger partial charge in [0.15, 0.2) is 0 Å². The quantitative estimate of drug-likeness (QED) is 0.0997. The Labute approximate surface area is 223 Å². The van der Waals surface area contributed by atoms with Crippen LogP contribution < -0.4 is 27.4 Å². The second-order valence-corrected chi connectivity index (χ2v) is 8.69. The Morgan fingerprint density at radius 3 is 1.62 bits per heavy atom. The smallest absolute Gasteiger partial charge is 0.326 e. The molecule has 0 spiro atoms. The first-order valence-electron chi connectivity index (χ1n) is 12.0. The Balaban J connectivity index is 3.05. The summed E-state index contributed by atoms with van der Waals surface area (Å²) in [6.07, 6.45) is -2.40. The summed E-state index contributed by atoms with van der Waals surface area (Å²) in [5, 5.41) is 34.2.